The molecule has 0 amide bonds. The van der Waals surface area contributed by atoms with Crippen molar-refractivity contribution in [3.63, 3.8) is 0 Å². The normalized spacial score (nSPS) is 10.6. The Labute approximate surface area is 112 Å². The second-order valence-corrected chi connectivity index (χ2v) is 4.57. The summed E-state index contributed by atoms with van der Waals surface area (Å²) in [6, 6.07) is 4.43. The first-order valence-corrected chi connectivity index (χ1v) is 6.37. The van der Waals surface area contributed by atoms with Gasteiger partial charge in [-0.3, -0.25) is 0 Å². The van der Waals surface area contributed by atoms with Gasteiger partial charge in [-0.05, 0) is 40.5 Å². The topological polar surface area (TPSA) is 48.2 Å². The lowest BCUT2D eigenvalue weighted by molar-refractivity contribution is 0.242. The highest BCUT2D eigenvalue weighted by atomic mass is 79.9. The predicted molar refractivity (Wildman–Crippen MR) is 66.7 cm³/mol. The lowest BCUT2D eigenvalue weighted by Gasteiger charge is -2.03. The summed E-state index contributed by atoms with van der Waals surface area (Å²) in [6.07, 6.45) is 1.75. The molecule has 0 radical (unpaired) electrons. The van der Waals surface area contributed by atoms with Crippen LogP contribution in [0.1, 0.15) is 25.1 Å². The summed E-state index contributed by atoms with van der Waals surface area (Å²) in [6.45, 7) is 2.22. The van der Waals surface area contributed by atoms with Crippen molar-refractivity contribution in [3.05, 3.63) is 40.2 Å². The van der Waals surface area contributed by atoms with Crippen molar-refractivity contribution >= 4 is 15.9 Å². The number of hydrogen-bond donors (Lipinski definition) is 0. The van der Waals surface area contributed by atoms with Gasteiger partial charge in [0.05, 0.1) is 4.47 Å². The van der Waals surface area contributed by atoms with Crippen LogP contribution in [0.15, 0.2) is 27.2 Å². The minimum Gasteiger partial charge on any atom is -0.484 e. The molecule has 18 heavy (non-hydrogen) atoms. The van der Waals surface area contributed by atoms with Gasteiger partial charge in [0.1, 0.15) is 11.6 Å². The maximum absolute atomic E-state index is 13.0. The molecule has 0 atom stereocenters. The van der Waals surface area contributed by atoms with Gasteiger partial charge in [-0.2, -0.15) is 4.98 Å². The van der Waals surface area contributed by atoms with Crippen molar-refractivity contribution in [2.75, 3.05) is 0 Å². The van der Waals surface area contributed by atoms with Crippen molar-refractivity contribution < 1.29 is 13.7 Å². The zero-order valence-electron chi connectivity index (χ0n) is 9.82. The van der Waals surface area contributed by atoms with E-state index in [0.29, 0.717) is 21.9 Å². The second kappa shape index (κ2) is 5.95. The van der Waals surface area contributed by atoms with Crippen LogP contribution in [0.3, 0.4) is 0 Å². The summed E-state index contributed by atoms with van der Waals surface area (Å²) in [5.74, 6) is 1.30. The molecule has 6 heteroatoms. The summed E-state index contributed by atoms with van der Waals surface area (Å²) in [5, 5.41) is 3.81. The number of aryl methyl sites for hydroxylation is 1. The third-order valence-electron chi connectivity index (χ3n) is 2.24. The van der Waals surface area contributed by atoms with E-state index in [9.17, 15) is 4.39 Å². The molecule has 0 saturated heterocycles. The van der Waals surface area contributed by atoms with Crippen LogP contribution in [0.2, 0.25) is 0 Å². The molecule has 0 aliphatic heterocycles. The molecule has 0 aliphatic carbocycles. The fraction of sp³-hybridized carbons (Fsp3) is 0.333. The molecule has 0 spiro atoms. The minimum absolute atomic E-state index is 0.175. The fourth-order valence-corrected chi connectivity index (χ4v) is 1.74. The van der Waals surface area contributed by atoms with Crippen LogP contribution in [0.25, 0.3) is 0 Å². The van der Waals surface area contributed by atoms with Crippen LogP contribution in [-0.4, -0.2) is 10.1 Å². The van der Waals surface area contributed by atoms with Crippen molar-refractivity contribution in [2.45, 2.75) is 26.4 Å². The first-order valence-electron chi connectivity index (χ1n) is 5.58. The molecule has 1 aromatic carbocycles. The molecular formula is C12H12BrFN2O2. The smallest absolute Gasteiger partial charge is 0.264 e. The molecule has 4 nitrogen and oxygen atoms in total. The first-order chi connectivity index (χ1) is 8.69. The Morgan fingerprint density at radius 1 is 1.44 bits per heavy atom. The highest BCUT2D eigenvalue weighted by Gasteiger charge is 2.07. The Morgan fingerprint density at radius 2 is 2.28 bits per heavy atom. The van der Waals surface area contributed by atoms with E-state index in [0.717, 1.165) is 12.8 Å². The van der Waals surface area contributed by atoms with Gasteiger partial charge in [0.2, 0.25) is 0 Å². The molecule has 2 rings (SSSR count). The van der Waals surface area contributed by atoms with Crippen LogP contribution in [0.4, 0.5) is 4.39 Å². The van der Waals surface area contributed by atoms with Crippen LogP contribution < -0.4 is 4.74 Å². The van der Waals surface area contributed by atoms with E-state index in [-0.39, 0.29) is 12.4 Å². The number of hydrogen-bond acceptors (Lipinski definition) is 4. The zero-order valence-corrected chi connectivity index (χ0v) is 11.4. The van der Waals surface area contributed by atoms with Crippen molar-refractivity contribution in [1.29, 1.82) is 0 Å². The lowest BCUT2D eigenvalue weighted by atomic mass is 10.3. The van der Waals surface area contributed by atoms with E-state index in [4.69, 9.17) is 9.26 Å². The number of benzene rings is 1. The van der Waals surface area contributed by atoms with Gasteiger partial charge in [-0.15, -0.1) is 0 Å². The number of halogens is 2. The van der Waals surface area contributed by atoms with Crippen molar-refractivity contribution in [2.24, 2.45) is 0 Å². The monoisotopic (exact) mass is 314 g/mol. The first kappa shape index (κ1) is 13.0. The average molecular weight is 315 g/mol. The standard InChI is InChI=1S/C12H12BrFN2O2/c1-2-3-11-15-12(18-16-11)7-17-8-4-5-10(14)9(13)6-8/h4-6H,2-3,7H2,1H3. The van der Waals surface area contributed by atoms with Crippen molar-refractivity contribution in [3.8, 4) is 5.75 Å². The highest BCUT2D eigenvalue weighted by Crippen LogP contribution is 2.22. The Bertz CT molecular complexity index is 531. The SMILES string of the molecule is CCCc1noc(COc2ccc(F)c(Br)c2)n1. The van der Waals surface area contributed by atoms with Gasteiger partial charge >= 0.3 is 0 Å². The molecule has 0 aliphatic rings. The molecule has 2 aromatic rings. The Balaban J connectivity index is 1.95. The van der Waals surface area contributed by atoms with Gasteiger partial charge in [0.15, 0.2) is 12.4 Å². The van der Waals surface area contributed by atoms with E-state index < -0.39 is 0 Å². The quantitative estimate of drug-likeness (QED) is 0.847. The van der Waals surface area contributed by atoms with E-state index in [1.807, 2.05) is 6.92 Å². The van der Waals surface area contributed by atoms with E-state index in [1.54, 1.807) is 12.1 Å². The molecule has 0 bridgehead atoms. The molecule has 1 heterocycles. The number of nitrogens with zero attached hydrogens (tertiary/aromatic N) is 2. The number of rotatable bonds is 5. The average Bonchev–Trinajstić information content (AvgIpc) is 2.79. The Hall–Kier alpha value is -1.43. The third-order valence-corrected chi connectivity index (χ3v) is 2.84. The molecular weight excluding hydrogens is 303 g/mol. The van der Waals surface area contributed by atoms with Gasteiger partial charge in [-0.25, -0.2) is 4.39 Å². The maximum atomic E-state index is 13.0. The van der Waals surface area contributed by atoms with Crippen LogP contribution in [0, 0.1) is 5.82 Å². The molecule has 0 N–H and O–H groups in total. The number of ether oxygens (including phenoxy) is 1. The Kier molecular flexibility index (Phi) is 4.30. The summed E-state index contributed by atoms with van der Waals surface area (Å²) < 4.78 is 23.8. The summed E-state index contributed by atoms with van der Waals surface area (Å²) in [7, 11) is 0. The van der Waals surface area contributed by atoms with Gasteiger partial charge < -0.3 is 9.26 Å². The minimum atomic E-state index is -0.328. The van der Waals surface area contributed by atoms with Crippen molar-refractivity contribution in [1.82, 2.24) is 10.1 Å². The van der Waals surface area contributed by atoms with Crippen LogP contribution >= 0.6 is 15.9 Å². The fourth-order valence-electron chi connectivity index (χ4n) is 1.39. The van der Waals surface area contributed by atoms with E-state index >= 15 is 0 Å². The largest absolute Gasteiger partial charge is 0.484 e. The molecule has 96 valence electrons. The number of aromatic nitrogens is 2. The highest BCUT2D eigenvalue weighted by molar-refractivity contribution is 9.10. The van der Waals surface area contributed by atoms with Crippen LogP contribution in [0.5, 0.6) is 5.75 Å². The molecule has 0 saturated carbocycles. The predicted octanol–water partition coefficient (Wildman–Crippen LogP) is 3.50. The summed E-state index contributed by atoms with van der Waals surface area (Å²) in [4.78, 5) is 4.17. The lowest BCUT2D eigenvalue weighted by Crippen LogP contribution is -1.96. The van der Waals surface area contributed by atoms with Gasteiger partial charge in [-0.1, -0.05) is 12.1 Å². The third kappa shape index (κ3) is 3.29. The maximum Gasteiger partial charge on any atom is 0.264 e. The van der Waals surface area contributed by atoms with Gasteiger partial charge in [0.25, 0.3) is 5.89 Å². The van der Waals surface area contributed by atoms with Gasteiger partial charge in [0, 0.05) is 6.42 Å². The van der Waals surface area contributed by atoms with Crippen LogP contribution in [-0.2, 0) is 13.0 Å². The van der Waals surface area contributed by atoms with E-state index in [2.05, 4.69) is 26.1 Å². The summed E-state index contributed by atoms with van der Waals surface area (Å²) >= 11 is 3.09. The zero-order chi connectivity index (χ0) is 13.0. The Morgan fingerprint density at radius 3 is 3.00 bits per heavy atom. The molecule has 1 aromatic heterocycles. The molecule has 0 fully saturated rings. The second-order valence-electron chi connectivity index (χ2n) is 3.72. The summed E-state index contributed by atoms with van der Waals surface area (Å²) in [5.41, 5.74) is 0. The van der Waals surface area contributed by atoms with E-state index in [1.165, 1.54) is 6.07 Å². The molecule has 0 unspecified atom stereocenters.